The molecule has 0 fully saturated rings. The number of nitrogens with one attached hydrogen (secondary N) is 1. The number of hydrogen-bond donors (Lipinski definition) is 1. The van der Waals surface area contributed by atoms with Crippen molar-refractivity contribution in [1.29, 1.82) is 0 Å². The first-order chi connectivity index (χ1) is 12.0. The van der Waals surface area contributed by atoms with E-state index in [1.807, 2.05) is 6.92 Å². The number of benzene rings is 1. The number of amides is 1. The van der Waals surface area contributed by atoms with Gasteiger partial charge in [0.25, 0.3) is 14.2 Å². The summed E-state index contributed by atoms with van der Waals surface area (Å²) >= 11 is 0. The van der Waals surface area contributed by atoms with Gasteiger partial charge in [0.1, 0.15) is 5.75 Å². The number of terminal acetylenes is 1. The van der Waals surface area contributed by atoms with Crippen molar-refractivity contribution in [3.63, 3.8) is 0 Å². The number of rotatable bonds is 6. The van der Waals surface area contributed by atoms with Crippen LogP contribution in [0.4, 0.5) is 0 Å². The van der Waals surface area contributed by atoms with Crippen LogP contribution in [0.2, 0.25) is 18.1 Å². The average molecular weight is 376 g/mol. The highest BCUT2D eigenvalue weighted by Crippen LogP contribution is 2.39. The summed E-state index contributed by atoms with van der Waals surface area (Å²) in [6.45, 7) is 12.4. The van der Waals surface area contributed by atoms with Crippen molar-refractivity contribution in [1.82, 2.24) is 5.48 Å². The molecule has 0 spiro atoms. The molecule has 0 aliphatic carbocycles. The van der Waals surface area contributed by atoms with E-state index in [9.17, 15) is 9.59 Å². The molecule has 0 bridgehead atoms. The molecule has 1 rings (SSSR count). The van der Waals surface area contributed by atoms with Gasteiger partial charge in [0.15, 0.2) is 0 Å². The molecule has 0 aliphatic heterocycles. The molecule has 5 nitrogen and oxygen atoms in total. The molecule has 0 heterocycles. The van der Waals surface area contributed by atoms with Crippen LogP contribution in [0.5, 0.6) is 5.75 Å². The second-order valence-electron chi connectivity index (χ2n) is 7.70. The van der Waals surface area contributed by atoms with E-state index in [0.717, 1.165) is 6.42 Å². The van der Waals surface area contributed by atoms with Gasteiger partial charge in [-0.05, 0) is 36.7 Å². The molecule has 0 saturated heterocycles. The zero-order chi connectivity index (χ0) is 20.0. The summed E-state index contributed by atoms with van der Waals surface area (Å²) in [4.78, 5) is 29.0. The fraction of sp³-hybridized carbons (Fsp3) is 0.500. The van der Waals surface area contributed by atoms with Crippen molar-refractivity contribution in [3.05, 3.63) is 29.3 Å². The molecular formula is C20H29NO4Si. The third-order valence-corrected chi connectivity index (χ3v) is 8.90. The first kappa shape index (κ1) is 21.8. The predicted molar refractivity (Wildman–Crippen MR) is 105 cm³/mol. The number of carbonyl (C=O) groups excluding carboxylic acids is 2. The van der Waals surface area contributed by atoms with Crippen LogP contribution in [-0.2, 0) is 9.63 Å². The molecule has 1 amide bonds. The summed E-state index contributed by atoms with van der Waals surface area (Å²) in [5.74, 6) is 1.90. The van der Waals surface area contributed by atoms with E-state index >= 15 is 0 Å². The maximum absolute atomic E-state index is 12.5. The van der Waals surface area contributed by atoms with Gasteiger partial charge in [-0.25, -0.2) is 4.79 Å². The van der Waals surface area contributed by atoms with Crippen LogP contribution in [0.15, 0.2) is 18.2 Å². The SMILES string of the molecule is C#Cc1cccc(C(=O)NOC(=O)CCCC)c1O[Si](C)(C)C(C)(C)C. The summed E-state index contributed by atoms with van der Waals surface area (Å²) in [7, 11) is -2.22. The number of hydroxylamine groups is 1. The van der Waals surface area contributed by atoms with Gasteiger partial charge in [-0.15, -0.1) is 6.42 Å². The van der Waals surface area contributed by atoms with Crippen molar-refractivity contribution in [2.24, 2.45) is 0 Å². The molecular weight excluding hydrogens is 346 g/mol. The highest BCUT2D eigenvalue weighted by atomic mass is 28.4. The van der Waals surface area contributed by atoms with Gasteiger partial charge in [-0.2, -0.15) is 5.48 Å². The largest absolute Gasteiger partial charge is 0.542 e. The van der Waals surface area contributed by atoms with E-state index in [2.05, 4.69) is 45.3 Å². The zero-order valence-corrected chi connectivity index (χ0v) is 17.6. The highest BCUT2D eigenvalue weighted by molar-refractivity contribution is 6.74. The Balaban J connectivity index is 3.07. The number of hydrogen-bond acceptors (Lipinski definition) is 4. The van der Waals surface area contributed by atoms with Gasteiger partial charge in [-0.1, -0.05) is 46.1 Å². The third kappa shape index (κ3) is 5.63. The minimum atomic E-state index is -2.22. The second-order valence-corrected chi connectivity index (χ2v) is 12.4. The van der Waals surface area contributed by atoms with E-state index in [1.54, 1.807) is 18.2 Å². The van der Waals surface area contributed by atoms with Crippen molar-refractivity contribution in [2.75, 3.05) is 0 Å². The Bertz CT molecular complexity index is 699. The Morgan fingerprint density at radius 3 is 2.46 bits per heavy atom. The molecule has 0 saturated carbocycles. The van der Waals surface area contributed by atoms with Crippen LogP contribution in [0, 0.1) is 12.3 Å². The van der Waals surface area contributed by atoms with Crippen LogP contribution in [0.3, 0.4) is 0 Å². The Labute approximate surface area is 157 Å². The lowest BCUT2D eigenvalue weighted by molar-refractivity contribution is -0.149. The minimum Gasteiger partial charge on any atom is -0.542 e. The lowest BCUT2D eigenvalue weighted by Gasteiger charge is -2.37. The van der Waals surface area contributed by atoms with Crippen molar-refractivity contribution in [2.45, 2.75) is 65.1 Å². The van der Waals surface area contributed by atoms with Gasteiger partial charge >= 0.3 is 5.97 Å². The summed E-state index contributed by atoms with van der Waals surface area (Å²) in [6, 6.07) is 5.02. The predicted octanol–water partition coefficient (Wildman–Crippen LogP) is 4.43. The van der Waals surface area contributed by atoms with Crippen LogP contribution in [-0.4, -0.2) is 20.2 Å². The molecule has 0 atom stereocenters. The Hall–Kier alpha value is -2.26. The Kier molecular flexibility index (Phi) is 7.46. The number of unbranched alkanes of at least 4 members (excludes halogenated alkanes) is 1. The maximum atomic E-state index is 12.5. The van der Waals surface area contributed by atoms with Crippen LogP contribution >= 0.6 is 0 Å². The van der Waals surface area contributed by atoms with Crippen LogP contribution in [0.1, 0.15) is 62.9 Å². The first-order valence-electron chi connectivity index (χ1n) is 8.82. The molecule has 0 radical (unpaired) electrons. The van der Waals surface area contributed by atoms with Gasteiger partial charge in [0.2, 0.25) is 0 Å². The molecule has 142 valence electrons. The molecule has 1 aromatic rings. The van der Waals surface area contributed by atoms with E-state index in [1.165, 1.54) is 0 Å². The van der Waals surface area contributed by atoms with Gasteiger partial charge in [0.05, 0.1) is 11.1 Å². The van der Waals surface area contributed by atoms with Crippen LogP contribution in [0.25, 0.3) is 0 Å². The van der Waals surface area contributed by atoms with E-state index < -0.39 is 20.2 Å². The van der Waals surface area contributed by atoms with Gasteiger partial charge in [0, 0.05) is 6.42 Å². The maximum Gasteiger partial charge on any atom is 0.332 e. The molecule has 6 heteroatoms. The van der Waals surface area contributed by atoms with E-state index in [0.29, 0.717) is 17.7 Å². The third-order valence-electron chi connectivity index (χ3n) is 4.57. The van der Waals surface area contributed by atoms with Crippen LogP contribution < -0.4 is 9.91 Å². The number of para-hydroxylation sites is 1. The smallest absolute Gasteiger partial charge is 0.332 e. The normalized spacial score (nSPS) is 11.4. The van der Waals surface area contributed by atoms with Gasteiger partial charge in [-0.3, -0.25) is 4.79 Å². The Morgan fingerprint density at radius 1 is 1.27 bits per heavy atom. The Morgan fingerprint density at radius 2 is 1.92 bits per heavy atom. The van der Waals surface area contributed by atoms with Crippen molar-refractivity contribution >= 4 is 20.2 Å². The average Bonchev–Trinajstić information content (AvgIpc) is 2.56. The second kappa shape index (κ2) is 8.90. The summed E-state index contributed by atoms with van der Waals surface area (Å²) in [6.07, 6.45) is 7.43. The first-order valence-corrected chi connectivity index (χ1v) is 11.7. The van der Waals surface area contributed by atoms with Gasteiger partial charge < -0.3 is 9.26 Å². The lowest BCUT2D eigenvalue weighted by Crippen LogP contribution is -2.44. The highest BCUT2D eigenvalue weighted by Gasteiger charge is 2.40. The summed E-state index contributed by atoms with van der Waals surface area (Å²) in [5.41, 5.74) is 2.96. The summed E-state index contributed by atoms with van der Waals surface area (Å²) in [5, 5.41) is -0.0604. The molecule has 1 N–H and O–H groups in total. The summed E-state index contributed by atoms with van der Waals surface area (Å²) < 4.78 is 6.31. The molecule has 0 unspecified atom stereocenters. The molecule has 1 aromatic carbocycles. The van der Waals surface area contributed by atoms with Crippen molar-refractivity contribution < 1.29 is 18.9 Å². The number of carbonyl (C=O) groups is 2. The zero-order valence-electron chi connectivity index (χ0n) is 16.6. The van der Waals surface area contributed by atoms with Crippen molar-refractivity contribution in [3.8, 4) is 18.1 Å². The quantitative estimate of drug-likeness (QED) is 0.454. The fourth-order valence-electron chi connectivity index (χ4n) is 1.88. The fourth-order valence-corrected chi connectivity index (χ4v) is 2.91. The monoisotopic (exact) mass is 375 g/mol. The molecule has 0 aliphatic rings. The molecule has 0 aromatic heterocycles. The molecule has 26 heavy (non-hydrogen) atoms. The lowest BCUT2D eigenvalue weighted by atomic mass is 10.1. The van der Waals surface area contributed by atoms with E-state index in [4.69, 9.17) is 15.7 Å². The standard InChI is InChI=1S/C20H29NO4Si/c1-8-10-14-17(22)24-21-19(23)16-13-11-12-15(9-2)18(16)25-26(6,7)20(3,4)5/h2,11-13H,8,10,14H2,1,3-7H3,(H,21,23). The van der Waals surface area contributed by atoms with E-state index in [-0.39, 0.29) is 17.0 Å². The topological polar surface area (TPSA) is 64.6 Å². The minimum absolute atomic E-state index is 0.0604.